The predicted molar refractivity (Wildman–Crippen MR) is 64.8 cm³/mol. The number of carboxylic acids is 2. The fourth-order valence-electron chi connectivity index (χ4n) is 1.57. The smallest absolute Gasteiger partial charge is 0.311 e. The van der Waals surface area contributed by atoms with Crippen molar-refractivity contribution >= 4 is 11.9 Å². The van der Waals surface area contributed by atoms with Crippen LogP contribution in [0, 0.1) is 0 Å². The summed E-state index contributed by atoms with van der Waals surface area (Å²) in [6.07, 6.45) is -0.398. The maximum absolute atomic E-state index is 11.0. The molecule has 0 amide bonds. The van der Waals surface area contributed by atoms with E-state index in [9.17, 15) is 9.59 Å². The minimum absolute atomic E-state index is 0.0325. The molecule has 0 aliphatic heterocycles. The van der Waals surface area contributed by atoms with E-state index in [0.717, 1.165) is 0 Å². The highest BCUT2D eigenvalue weighted by molar-refractivity contribution is 5.82. The molecule has 0 aliphatic carbocycles. The van der Waals surface area contributed by atoms with Gasteiger partial charge in [-0.05, 0) is 31.5 Å². The fraction of sp³-hybridized carbons (Fsp3) is 0.385. The van der Waals surface area contributed by atoms with E-state index in [1.807, 2.05) is 13.8 Å². The van der Waals surface area contributed by atoms with Gasteiger partial charge in [-0.15, -0.1) is 0 Å². The summed E-state index contributed by atoms with van der Waals surface area (Å²) >= 11 is 0. The third-order valence-electron chi connectivity index (χ3n) is 2.33. The molecule has 1 atom stereocenters. The molecule has 0 fully saturated rings. The number of ether oxygens (including phenoxy) is 1. The van der Waals surface area contributed by atoms with Crippen molar-refractivity contribution in [2.45, 2.75) is 32.3 Å². The SMILES string of the molecule is CC(C)Oc1ccc([C@H](CC(=O)O)C(=O)O)cc1. The van der Waals surface area contributed by atoms with Crippen LogP contribution in [-0.4, -0.2) is 28.3 Å². The minimum atomic E-state index is -1.14. The lowest BCUT2D eigenvalue weighted by Crippen LogP contribution is -2.15. The van der Waals surface area contributed by atoms with Crippen molar-refractivity contribution in [2.75, 3.05) is 0 Å². The molecular weight excluding hydrogens is 236 g/mol. The topological polar surface area (TPSA) is 83.8 Å². The van der Waals surface area contributed by atoms with Crippen molar-refractivity contribution in [2.24, 2.45) is 0 Å². The molecule has 0 unspecified atom stereocenters. The maximum Gasteiger partial charge on any atom is 0.311 e. The third-order valence-corrected chi connectivity index (χ3v) is 2.33. The lowest BCUT2D eigenvalue weighted by atomic mass is 9.96. The zero-order valence-corrected chi connectivity index (χ0v) is 10.3. The van der Waals surface area contributed by atoms with Crippen LogP contribution in [0.4, 0.5) is 0 Å². The van der Waals surface area contributed by atoms with Crippen molar-refractivity contribution in [1.82, 2.24) is 0 Å². The van der Waals surface area contributed by atoms with Gasteiger partial charge in [-0.25, -0.2) is 0 Å². The Labute approximate surface area is 105 Å². The van der Waals surface area contributed by atoms with E-state index < -0.39 is 24.3 Å². The van der Waals surface area contributed by atoms with Crippen LogP contribution in [-0.2, 0) is 9.59 Å². The van der Waals surface area contributed by atoms with Gasteiger partial charge >= 0.3 is 11.9 Å². The summed E-state index contributed by atoms with van der Waals surface area (Å²) in [6.45, 7) is 3.77. The van der Waals surface area contributed by atoms with Crippen molar-refractivity contribution < 1.29 is 24.5 Å². The second-order valence-electron chi connectivity index (χ2n) is 4.22. The van der Waals surface area contributed by atoms with Crippen LogP contribution < -0.4 is 4.74 Å². The second kappa shape index (κ2) is 6.05. The zero-order chi connectivity index (χ0) is 13.7. The molecule has 1 aromatic rings. The first-order valence-electron chi connectivity index (χ1n) is 5.61. The first kappa shape index (κ1) is 14.0. The van der Waals surface area contributed by atoms with Crippen LogP contribution in [0.2, 0.25) is 0 Å². The minimum Gasteiger partial charge on any atom is -0.491 e. The molecule has 0 spiro atoms. The summed E-state index contributed by atoms with van der Waals surface area (Å²) in [5, 5.41) is 17.7. The Morgan fingerprint density at radius 3 is 2.11 bits per heavy atom. The largest absolute Gasteiger partial charge is 0.491 e. The zero-order valence-electron chi connectivity index (χ0n) is 10.3. The molecule has 5 nitrogen and oxygen atoms in total. The van der Waals surface area contributed by atoms with E-state index in [4.69, 9.17) is 14.9 Å². The maximum atomic E-state index is 11.0. The Kier molecular flexibility index (Phi) is 4.71. The molecule has 5 heteroatoms. The standard InChI is InChI=1S/C13H16O5/c1-8(2)18-10-5-3-9(4-6-10)11(13(16)17)7-12(14)15/h3-6,8,11H,7H2,1-2H3,(H,14,15)(H,16,17)/t11-/m0/s1. The van der Waals surface area contributed by atoms with Crippen LogP contribution >= 0.6 is 0 Å². The van der Waals surface area contributed by atoms with E-state index in [1.54, 1.807) is 24.3 Å². The molecule has 2 N–H and O–H groups in total. The number of hydrogen-bond donors (Lipinski definition) is 2. The Hall–Kier alpha value is -2.04. The van der Waals surface area contributed by atoms with E-state index in [2.05, 4.69) is 0 Å². The molecule has 0 saturated heterocycles. The van der Waals surface area contributed by atoms with Crippen molar-refractivity contribution in [3.05, 3.63) is 29.8 Å². The van der Waals surface area contributed by atoms with Crippen LogP contribution in [0.1, 0.15) is 31.7 Å². The Morgan fingerprint density at radius 1 is 1.17 bits per heavy atom. The van der Waals surface area contributed by atoms with E-state index in [0.29, 0.717) is 11.3 Å². The number of hydrogen-bond acceptors (Lipinski definition) is 3. The van der Waals surface area contributed by atoms with Gasteiger partial charge in [-0.1, -0.05) is 12.1 Å². The Bertz CT molecular complexity index is 422. The van der Waals surface area contributed by atoms with Gasteiger partial charge in [0.2, 0.25) is 0 Å². The van der Waals surface area contributed by atoms with Gasteiger partial charge < -0.3 is 14.9 Å². The van der Waals surface area contributed by atoms with Crippen LogP contribution in [0.15, 0.2) is 24.3 Å². The Balaban J connectivity index is 2.86. The molecule has 0 radical (unpaired) electrons. The van der Waals surface area contributed by atoms with Crippen LogP contribution in [0.3, 0.4) is 0 Å². The van der Waals surface area contributed by atoms with Gasteiger partial charge in [0.1, 0.15) is 5.75 Å². The van der Waals surface area contributed by atoms with Gasteiger partial charge in [0.15, 0.2) is 0 Å². The van der Waals surface area contributed by atoms with Crippen molar-refractivity contribution in [3.63, 3.8) is 0 Å². The van der Waals surface area contributed by atoms with Crippen LogP contribution in [0.5, 0.6) is 5.75 Å². The predicted octanol–water partition coefficient (Wildman–Crippen LogP) is 2.12. The van der Waals surface area contributed by atoms with Crippen LogP contribution in [0.25, 0.3) is 0 Å². The number of benzene rings is 1. The summed E-state index contributed by atoms with van der Waals surface area (Å²) in [5.74, 6) is -2.68. The normalized spacial score (nSPS) is 12.2. The lowest BCUT2D eigenvalue weighted by Gasteiger charge is -2.13. The fourth-order valence-corrected chi connectivity index (χ4v) is 1.57. The van der Waals surface area contributed by atoms with Crippen molar-refractivity contribution in [3.8, 4) is 5.75 Å². The van der Waals surface area contributed by atoms with E-state index in [1.165, 1.54) is 0 Å². The molecule has 1 aromatic carbocycles. The first-order chi connectivity index (χ1) is 8.40. The molecule has 98 valence electrons. The number of rotatable bonds is 6. The third kappa shape index (κ3) is 4.08. The number of carbonyl (C=O) groups is 2. The summed E-state index contributed by atoms with van der Waals surface area (Å²) in [6, 6.07) is 6.46. The molecule has 0 aromatic heterocycles. The highest BCUT2D eigenvalue weighted by Crippen LogP contribution is 2.23. The monoisotopic (exact) mass is 252 g/mol. The average Bonchev–Trinajstić information content (AvgIpc) is 2.26. The second-order valence-corrected chi connectivity index (χ2v) is 4.22. The van der Waals surface area contributed by atoms with Gasteiger partial charge in [-0.3, -0.25) is 9.59 Å². The van der Waals surface area contributed by atoms with Gasteiger partial charge in [0.05, 0.1) is 18.4 Å². The molecule has 0 saturated carbocycles. The molecule has 0 bridgehead atoms. The number of carboxylic acid groups (broad SMARTS) is 2. The lowest BCUT2D eigenvalue weighted by molar-refractivity contribution is -0.145. The van der Waals surface area contributed by atoms with Gasteiger partial charge in [0, 0.05) is 0 Å². The van der Waals surface area contributed by atoms with Crippen molar-refractivity contribution in [1.29, 1.82) is 0 Å². The molecule has 0 aliphatic rings. The molecular formula is C13H16O5. The van der Waals surface area contributed by atoms with E-state index in [-0.39, 0.29) is 6.10 Å². The average molecular weight is 252 g/mol. The highest BCUT2D eigenvalue weighted by Gasteiger charge is 2.22. The summed E-state index contributed by atoms with van der Waals surface area (Å²) in [5.41, 5.74) is 0.459. The highest BCUT2D eigenvalue weighted by atomic mass is 16.5. The van der Waals surface area contributed by atoms with E-state index >= 15 is 0 Å². The summed E-state index contributed by atoms with van der Waals surface area (Å²) < 4.78 is 5.43. The first-order valence-corrected chi connectivity index (χ1v) is 5.61. The quantitative estimate of drug-likeness (QED) is 0.810. The van der Waals surface area contributed by atoms with Gasteiger partial charge in [0.25, 0.3) is 0 Å². The van der Waals surface area contributed by atoms with Gasteiger partial charge in [-0.2, -0.15) is 0 Å². The molecule has 18 heavy (non-hydrogen) atoms. The summed E-state index contributed by atoms with van der Waals surface area (Å²) in [7, 11) is 0. The number of aliphatic carboxylic acids is 2. The molecule has 0 heterocycles. The molecule has 1 rings (SSSR count). The summed E-state index contributed by atoms with van der Waals surface area (Å²) in [4.78, 5) is 21.6. The Morgan fingerprint density at radius 2 is 1.72 bits per heavy atom.